The molecular formula is C23H27N3O4. The first kappa shape index (κ1) is 22.9. The van der Waals surface area contributed by atoms with Gasteiger partial charge in [-0.25, -0.2) is 4.79 Å². The number of methoxy groups -OCH3 is 1. The molecule has 0 bridgehead atoms. The van der Waals surface area contributed by atoms with Crippen LogP contribution in [0.2, 0.25) is 0 Å². The summed E-state index contributed by atoms with van der Waals surface area (Å²) in [6, 6.07) is 13.0. The van der Waals surface area contributed by atoms with Gasteiger partial charge in [0.05, 0.1) is 12.6 Å². The highest BCUT2D eigenvalue weighted by Gasteiger charge is 2.16. The Kier molecular flexibility index (Phi) is 8.39. The fourth-order valence-electron chi connectivity index (χ4n) is 3.11. The molecule has 1 aromatic heterocycles. The number of hydrogen-bond donors (Lipinski definition) is 1. The molecule has 1 aromatic carbocycles. The summed E-state index contributed by atoms with van der Waals surface area (Å²) in [5, 5.41) is 12.1. The molecule has 0 aliphatic rings. The number of nitrogens with one attached hydrogen (secondary N) is 1. The van der Waals surface area contributed by atoms with Gasteiger partial charge in [0.25, 0.3) is 5.91 Å². The van der Waals surface area contributed by atoms with Crippen LogP contribution >= 0.6 is 0 Å². The zero-order valence-electron chi connectivity index (χ0n) is 17.8. The molecule has 0 aliphatic heterocycles. The molecule has 7 nitrogen and oxygen atoms in total. The number of nitriles is 1. The minimum atomic E-state index is -0.832. The second-order valence-corrected chi connectivity index (χ2v) is 6.92. The number of amides is 1. The summed E-state index contributed by atoms with van der Waals surface area (Å²) in [5.74, 6) is -1.27. The van der Waals surface area contributed by atoms with Crippen molar-refractivity contribution in [2.75, 3.05) is 20.3 Å². The van der Waals surface area contributed by atoms with E-state index in [1.165, 1.54) is 6.08 Å². The highest BCUT2D eigenvalue weighted by Crippen LogP contribution is 2.19. The lowest BCUT2D eigenvalue weighted by Gasteiger charge is -2.14. The van der Waals surface area contributed by atoms with Crippen LogP contribution in [-0.2, 0) is 25.6 Å². The van der Waals surface area contributed by atoms with Crippen molar-refractivity contribution in [3.63, 3.8) is 0 Å². The fourth-order valence-corrected chi connectivity index (χ4v) is 3.11. The Morgan fingerprint density at radius 1 is 1.27 bits per heavy atom. The second kappa shape index (κ2) is 11.0. The van der Waals surface area contributed by atoms with E-state index in [-0.39, 0.29) is 11.6 Å². The Balaban J connectivity index is 2.00. The van der Waals surface area contributed by atoms with E-state index in [4.69, 9.17) is 9.47 Å². The molecule has 0 fully saturated rings. The first-order chi connectivity index (χ1) is 14.4. The van der Waals surface area contributed by atoms with E-state index < -0.39 is 18.5 Å². The third-order valence-electron chi connectivity index (χ3n) is 4.78. The van der Waals surface area contributed by atoms with Crippen LogP contribution in [0.15, 0.2) is 42.0 Å². The van der Waals surface area contributed by atoms with Gasteiger partial charge < -0.3 is 19.4 Å². The molecule has 0 saturated heterocycles. The highest BCUT2D eigenvalue weighted by molar-refractivity contribution is 5.99. The Morgan fingerprint density at radius 2 is 1.97 bits per heavy atom. The van der Waals surface area contributed by atoms with Crippen molar-refractivity contribution in [1.82, 2.24) is 9.88 Å². The van der Waals surface area contributed by atoms with Gasteiger partial charge in [-0.2, -0.15) is 5.26 Å². The number of aryl methyl sites for hydroxylation is 1. The summed E-state index contributed by atoms with van der Waals surface area (Å²) in [4.78, 5) is 24.4. The third kappa shape index (κ3) is 6.06. The van der Waals surface area contributed by atoms with Gasteiger partial charge in [-0.05, 0) is 44.0 Å². The zero-order valence-corrected chi connectivity index (χ0v) is 17.8. The molecule has 0 aliphatic carbocycles. The molecule has 1 atom stereocenters. The van der Waals surface area contributed by atoms with Crippen molar-refractivity contribution < 1.29 is 19.1 Å². The van der Waals surface area contributed by atoms with E-state index in [2.05, 4.69) is 5.32 Å². The number of hydrogen-bond acceptors (Lipinski definition) is 5. The monoisotopic (exact) mass is 409 g/mol. The Hall–Kier alpha value is -3.37. The zero-order chi connectivity index (χ0) is 22.1. The number of carbonyl (C=O) groups excluding carboxylic acids is 2. The smallest absolute Gasteiger partial charge is 0.349 e. The number of nitrogens with zero attached hydrogens (tertiary/aromatic N) is 2. The largest absolute Gasteiger partial charge is 0.451 e. The van der Waals surface area contributed by atoms with Crippen molar-refractivity contribution in [3.05, 3.63) is 64.5 Å². The van der Waals surface area contributed by atoms with Crippen LogP contribution in [0.1, 0.15) is 35.5 Å². The van der Waals surface area contributed by atoms with Gasteiger partial charge in [-0.1, -0.05) is 30.3 Å². The summed E-state index contributed by atoms with van der Waals surface area (Å²) in [7, 11) is 1.63. The summed E-state index contributed by atoms with van der Waals surface area (Å²) >= 11 is 0. The maximum absolute atomic E-state index is 12.3. The van der Waals surface area contributed by atoms with Crippen LogP contribution in [0, 0.1) is 25.2 Å². The molecule has 0 unspecified atom stereocenters. The van der Waals surface area contributed by atoms with Gasteiger partial charge in [0.15, 0.2) is 6.61 Å². The molecular weight excluding hydrogens is 382 g/mol. The van der Waals surface area contributed by atoms with E-state index in [1.807, 2.05) is 67.8 Å². The minimum absolute atomic E-state index is 0.161. The standard InChI is InChI=1S/C23H27N3O4/c1-16-12-20(18(3)26(16)10-11-29-4)13-21(14-24)23(28)30-15-22(27)25-17(2)19-8-6-5-7-9-19/h5-9,12-13,17H,10-11,15H2,1-4H3,(H,25,27)/b21-13+/t17-/m1/s1. The first-order valence-electron chi connectivity index (χ1n) is 9.66. The van der Waals surface area contributed by atoms with Crippen LogP contribution in [0.25, 0.3) is 6.08 Å². The van der Waals surface area contributed by atoms with Crippen molar-refractivity contribution in [2.45, 2.75) is 33.4 Å². The van der Waals surface area contributed by atoms with E-state index in [9.17, 15) is 14.9 Å². The Bertz CT molecular complexity index is 955. The molecule has 158 valence electrons. The minimum Gasteiger partial charge on any atom is -0.451 e. The average molecular weight is 409 g/mol. The quantitative estimate of drug-likeness (QED) is 0.390. The summed E-state index contributed by atoms with van der Waals surface area (Å²) < 4.78 is 12.2. The lowest BCUT2D eigenvalue weighted by atomic mass is 10.1. The van der Waals surface area contributed by atoms with Gasteiger partial charge in [-0.15, -0.1) is 0 Å². The van der Waals surface area contributed by atoms with E-state index in [1.54, 1.807) is 7.11 Å². The number of aromatic nitrogens is 1. The molecule has 0 radical (unpaired) electrons. The molecule has 1 amide bonds. The number of benzene rings is 1. The van der Waals surface area contributed by atoms with Crippen LogP contribution in [0.3, 0.4) is 0 Å². The average Bonchev–Trinajstić information content (AvgIpc) is 3.01. The lowest BCUT2D eigenvalue weighted by molar-refractivity contribution is -0.144. The molecule has 1 heterocycles. The molecule has 1 N–H and O–H groups in total. The number of esters is 1. The fraction of sp³-hybridized carbons (Fsp3) is 0.348. The maximum atomic E-state index is 12.3. The van der Waals surface area contributed by atoms with Gasteiger partial charge >= 0.3 is 5.97 Å². The molecule has 2 rings (SSSR count). The Labute approximate surface area is 176 Å². The van der Waals surface area contributed by atoms with E-state index >= 15 is 0 Å². The molecule has 2 aromatic rings. The molecule has 0 spiro atoms. The second-order valence-electron chi connectivity index (χ2n) is 6.92. The van der Waals surface area contributed by atoms with Gasteiger partial charge in [0.1, 0.15) is 11.6 Å². The summed E-state index contributed by atoms with van der Waals surface area (Å²) in [5.41, 5.74) is 3.44. The van der Waals surface area contributed by atoms with E-state index in [0.717, 1.165) is 22.5 Å². The molecule has 30 heavy (non-hydrogen) atoms. The van der Waals surface area contributed by atoms with Gasteiger partial charge in [0.2, 0.25) is 0 Å². The Morgan fingerprint density at radius 3 is 2.60 bits per heavy atom. The van der Waals surface area contributed by atoms with Crippen LogP contribution in [0.5, 0.6) is 0 Å². The molecule has 7 heteroatoms. The number of rotatable bonds is 9. The first-order valence-corrected chi connectivity index (χ1v) is 9.66. The van der Waals surface area contributed by atoms with Crippen molar-refractivity contribution in [1.29, 1.82) is 5.26 Å². The lowest BCUT2D eigenvalue weighted by Crippen LogP contribution is -2.31. The predicted molar refractivity (Wildman–Crippen MR) is 113 cm³/mol. The maximum Gasteiger partial charge on any atom is 0.349 e. The van der Waals surface area contributed by atoms with Crippen LogP contribution in [-0.4, -0.2) is 36.8 Å². The topological polar surface area (TPSA) is 93.3 Å². The van der Waals surface area contributed by atoms with Crippen molar-refractivity contribution >= 4 is 18.0 Å². The highest BCUT2D eigenvalue weighted by atomic mass is 16.5. The van der Waals surface area contributed by atoms with Crippen molar-refractivity contribution in [2.24, 2.45) is 0 Å². The van der Waals surface area contributed by atoms with Gasteiger partial charge in [-0.3, -0.25) is 4.79 Å². The van der Waals surface area contributed by atoms with Crippen LogP contribution in [0.4, 0.5) is 0 Å². The number of carbonyl (C=O) groups is 2. The predicted octanol–water partition coefficient (Wildman–Crippen LogP) is 3.08. The third-order valence-corrected chi connectivity index (χ3v) is 4.78. The number of ether oxygens (including phenoxy) is 2. The SMILES string of the molecule is COCCn1c(C)cc(/C=C(\C#N)C(=O)OCC(=O)N[C@H](C)c2ccccc2)c1C. The van der Waals surface area contributed by atoms with E-state index in [0.29, 0.717) is 13.2 Å². The normalized spacial score (nSPS) is 12.2. The van der Waals surface area contributed by atoms with Crippen molar-refractivity contribution in [3.8, 4) is 6.07 Å². The summed E-state index contributed by atoms with van der Waals surface area (Å²) in [6.07, 6.45) is 1.48. The van der Waals surface area contributed by atoms with Gasteiger partial charge in [0, 0.05) is 25.0 Å². The summed E-state index contributed by atoms with van der Waals surface area (Å²) in [6.45, 7) is 6.48. The molecule has 0 saturated carbocycles. The van der Waals surface area contributed by atoms with Crippen LogP contribution < -0.4 is 5.32 Å².